The van der Waals surface area contributed by atoms with Crippen molar-refractivity contribution >= 4 is 22.6 Å². The van der Waals surface area contributed by atoms with E-state index in [0.29, 0.717) is 0 Å². The van der Waals surface area contributed by atoms with Gasteiger partial charge in [0.2, 0.25) is 0 Å². The molecule has 3 heteroatoms. The Morgan fingerprint density at radius 1 is 1.05 bits per heavy atom. The largest absolute Gasteiger partial charge is 0.342 e. The summed E-state index contributed by atoms with van der Waals surface area (Å²) < 4.78 is 0. The third kappa shape index (κ3) is 2.64. The second-order valence-electron chi connectivity index (χ2n) is 4.69. The lowest BCUT2D eigenvalue weighted by molar-refractivity contribution is 1.04. The maximum Gasteiger partial charge on any atom is 0.111 e. The molecule has 0 amide bonds. The predicted octanol–water partition coefficient (Wildman–Crippen LogP) is 4.37. The SMILES string of the molecule is CCc1ccc2nc(Cc3ccc(Cl)cc3)[nH]c2c1. The summed E-state index contributed by atoms with van der Waals surface area (Å²) in [5, 5.41) is 0.765. The van der Waals surface area contributed by atoms with Gasteiger partial charge in [0.15, 0.2) is 0 Å². The van der Waals surface area contributed by atoms with E-state index in [1.54, 1.807) is 0 Å². The summed E-state index contributed by atoms with van der Waals surface area (Å²) in [5.74, 6) is 0.991. The monoisotopic (exact) mass is 270 g/mol. The Hall–Kier alpha value is -1.80. The standard InChI is InChI=1S/C16H15ClN2/c1-2-11-5-8-14-15(9-11)19-16(18-14)10-12-3-6-13(17)7-4-12/h3-9H,2,10H2,1H3,(H,18,19). The van der Waals surface area contributed by atoms with Crippen molar-refractivity contribution in [3.63, 3.8) is 0 Å². The minimum Gasteiger partial charge on any atom is -0.342 e. The first-order valence-corrected chi connectivity index (χ1v) is 6.84. The molecule has 0 aliphatic heterocycles. The number of hydrogen-bond donors (Lipinski definition) is 1. The van der Waals surface area contributed by atoms with Crippen LogP contribution in [0.4, 0.5) is 0 Å². The van der Waals surface area contributed by atoms with Crippen LogP contribution < -0.4 is 0 Å². The molecule has 0 radical (unpaired) electrons. The summed E-state index contributed by atoms with van der Waals surface area (Å²) in [6, 6.07) is 14.3. The highest BCUT2D eigenvalue weighted by Crippen LogP contribution is 2.17. The maximum atomic E-state index is 5.89. The van der Waals surface area contributed by atoms with E-state index in [1.807, 2.05) is 24.3 Å². The van der Waals surface area contributed by atoms with E-state index in [2.05, 4.69) is 35.1 Å². The van der Waals surface area contributed by atoms with Gasteiger partial charge in [0.25, 0.3) is 0 Å². The second kappa shape index (κ2) is 5.06. The highest BCUT2D eigenvalue weighted by atomic mass is 35.5. The van der Waals surface area contributed by atoms with Crippen molar-refractivity contribution in [2.45, 2.75) is 19.8 Å². The lowest BCUT2D eigenvalue weighted by atomic mass is 10.1. The second-order valence-corrected chi connectivity index (χ2v) is 5.13. The van der Waals surface area contributed by atoms with Crippen molar-refractivity contribution in [1.82, 2.24) is 9.97 Å². The van der Waals surface area contributed by atoms with Crippen molar-refractivity contribution in [1.29, 1.82) is 0 Å². The fraction of sp³-hybridized carbons (Fsp3) is 0.188. The number of rotatable bonds is 3. The Bertz CT molecular complexity index is 698. The molecule has 1 aromatic heterocycles. The van der Waals surface area contributed by atoms with Crippen molar-refractivity contribution < 1.29 is 0 Å². The van der Waals surface area contributed by atoms with Crippen LogP contribution in [-0.4, -0.2) is 9.97 Å². The minimum absolute atomic E-state index is 0.765. The number of H-pyrrole nitrogens is 1. The molecular formula is C16H15ClN2. The van der Waals surface area contributed by atoms with E-state index in [0.717, 1.165) is 34.7 Å². The number of halogens is 1. The van der Waals surface area contributed by atoms with Gasteiger partial charge in [-0.3, -0.25) is 0 Å². The molecule has 0 fully saturated rings. The van der Waals surface area contributed by atoms with Gasteiger partial charge in [-0.15, -0.1) is 0 Å². The van der Waals surface area contributed by atoms with Gasteiger partial charge in [0, 0.05) is 11.4 Å². The topological polar surface area (TPSA) is 28.7 Å². The lowest BCUT2D eigenvalue weighted by Crippen LogP contribution is -1.89. The lowest BCUT2D eigenvalue weighted by Gasteiger charge is -1.97. The van der Waals surface area contributed by atoms with Crippen LogP contribution in [0.2, 0.25) is 5.02 Å². The number of aromatic amines is 1. The molecule has 19 heavy (non-hydrogen) atoms. The Morgan fingerprint density at radius 2 is 1.79 bits per heavy atom. The normalized spacial score (nSPS) is 11.1. The molecule has 1 N–H and O–H groups in total. The van der Waals surface area contributed by atoms with E-state index in [4.69, 9.17) is 11.6 Å². The summed E-state index contributed by atoms with van der Waals surface area (Å²) in [5.41, 5.74) is 4.68. The summed E-state index contributed by atoms with van der Waals surface area (Å²) >= 11 is 5.89. The molecule has 2 aromatic carbocycles. The fourth-order valence-electron chi connectivity index (χ4n) is 2.21. The molecule has 2 nitrogen and oxygen atoms in total. The van der Waals surface area contributed by atoms with Gasteiger partial charge >= 0.3 is 0 Å². The van der Waals surface area contributed by atoms with Crippen LogP contribution in [0.3, 0.4) is 0 Å². The summed E-state index contributed by atoms with van der Waals surface area (Å²) in [4.78, 5) is 8.01. The molecule has 1 heterocycles. The van der Waals surface area contributed by atoms with E-state index < -0.39 is 0 Å². The van der Waals surface area contributed by atoms with Crippen molar-refractivity contribution in [2.24, 2.45) is 0 Å². The quantitative estimate of drug-likeness (QED) is 0.752. The molecule has 0 spiro atoms. The van der Waals surface area contributed by atoms with Crippen molar-refractivity contribution in [3.8, 4) is 0 Å². The van der Waals surface area contributed by atoms with Crippen LogP contribution in [0.25, 0.3) is 11.0 Å². The van der Waals surface area contributed by atoms with Gasteiger partial charge in [0.05, 0.1) is 11.0 Å². The van der Waals surface area contributed by atoms with Crippen LogP contribution in [0.5, 0.6) is 0 Å². The number of aromatic nitrogens is 2. The number of nitrogens with zero attached hydrogens (tertiary/aromatic N) is 1. The van der Waals surface area contributed by atoms with Crippen LogP contribution in [0, 0.1) is 0 Å². The fourth-order valence-corrected chi connectivity index (χ4v) is 2.33. The summed E-state index contributed by atoms with van der Waals surface area (Å²) in [7, 11) is 0. The first kappa shape index (κ1) is 12.2. The average molecular weight is 271 g/mol. The molecular weight excluding hydrogens is 256 g/mol. The number of aryl methyl sites for hydroxylation is 1. The van der Waals surface area contributed by atoms with Crippen LogP contribution in [-0.2, 0) is 12.8 Å². The molecule has 0 aliphatic carbocycles. The first-order chi connectivity index (χ1) is 9.24. The Morgan fingerprint density at radius 3 is 2.53 bits per heavy atom. The Labute approximate surface area is 117 Å². The minimum atomic E-state index is 0.765. The van der Waals surface area contributed by atoms with Gasteiger partial charge in [-0.2, -0.15) is 0 Å². The highest BCUT2D eigenvalue weighted by molar-refractivity contribution is 6.30. The number of nitrogens with one attached hydrogen (secondary N) is 1. The van der Waals surface area contributed by atoms with Crippen LogP contribution >= 0.6 is 11.6 Å². The molecule has 0 atom stereocenters. The molecule has 0 unspecified atom stereocenters. The highest BCUT2D eigenvalue weighted by Gasteiger charge is 2.04. The van der Waals surface area contributed by atoms with Gasteiger partial charge in [-0.05, 0) is 41.8 Å². The van der Waals surface area contributed by atoms with E-state index in [1.165, 1.54) is 11.1 Å². The van der Waals surface area contributed by atoms with E-state index in [-0.39, 0.29) is 0 Å². The third-order valence-corrected chi connectivity index (χ3v) is 3.54. The number of fused-ring (bicyclic) bond motifs is 1. The third-order valence-electron chi connectivity index (χ3n) is 3.29. The molecule has 0 bridgehead atoms. The van der Waals surface area contributed by atoms with Crippen LogP contribution in [0.15, 0.2) is 42.5 Å². The van der Waals surface area contributed by atoms with E-state index in [9.17, 15) is 0 Å². The molecule has 3 aromatic rings. The van der Waals surface area contributed by atoms with Gasteiger partial charge < -0.3 is 4.98 Å². The molecule has 0 saturated carbocycles. The predicted molar refractivity (Wildman–Crippen MR) is 79.7 cm³/mol. The molecule has 96 valence electrons. The van der Waals surface area contributed by atoms with Gasteiger partial charge in [-0.1, -0.05) is 36.7 Å². The smallest absolute Gasteiger partial charge is 0.111 e. The van der Waals surface area contributed by atoms with E-state index >= 15 is 0 Å². The number of benzene rings is 2. The number of imidazole rings is 1. The maximum absolute atomic E-state index is 5.89. The number of hydrogen-bond acceptors (Lipinski definition) is 1. The zero-order chi connectivity index (χ0) is 13.2. The zero-order valence-corrected chi connectivity index (χ0v) is 11.5. The molecule has 3 rings (SSSR count). The average Bonchev–Trinajstić information content (AvgIpc) is 2.82. The summed E-state index contributed by atoms with van der Waals surface area (Å²) in [6.07, 6.45) is 1.84. The van der Waals surface area contributed by atoms with Crippen molar-refractivity contribution in [3.05, 3.63) is 64.4 Å². The summed E-state index contributed by atoms with van der Waals surface area (Å²) in [6.45, 7) is 2.16. The molecule has 0 aliphatic rings. The first-order valence-electron chi connectivity index (χ1n) is 6.46. The van der Waals surface area contributed by atoms with Crippen molar-refractivity contribution in [2.75, 3.05) is 0 Å². The van der Waals surface area contributed by atoms with Gasteiger partial charge in [-0.25, -0.2) is 4.98 Å². The van der Waals surface area contributed by atoms with Crippen LogP contribution in [0.1, 0.15) is 23.9 Å². The van der Waals surface area contributed by atoms with Gasteiger partial charge in [0.1, 0.15) is 5.82 Å². The molecule has 0 saturated heterocycles. The Balaban J connectivity index is 1.90. The zero-order valence-electron chi connectivity index (χ0n) is 10.8. The Kier molecular flexibility index (Phi) is 3.26.